The van der Waals surface area contributed by atoms with Gasteiger partial charge < -0.3 is 4.74 Å². The fraction of sp³-hybridized carbons (Fsp3) is 0.600. The van der Waals surface area contributed by atoms with Gasteiger partial charge in [0.15, 0.2) is 0 Å². The van der Waals surface area contributed by atoms with Gasteiger partial charge >= 0.3 is 11.6 Å². The normalized spacial score (nSPS) is 32.8. The Hall–Kier alpha value is -1.89. The maximum atomic E-state index is 15.2. The van der Waals surface area contributed by atoms with E-state index in [1.165, 1.54) is 18.2 Å². The Labute approximate surface area is 142 Å². The molecule has 2 aliphatic carbocycles. The van der Waals surface area contributed by atoms with E-state index in [1.54, 1.807) is 12.1 Å². The molecule has 2 bridgehead atoms. The van der Waals surface area contributed by atoms with Gasteiger partial charge in [-0.15, -0.1) is 0 Å². The van der Waals surface area contributed by atoms with Crippen LogP contribution in [-0.4, -0.2) is 12.1 Å². The van der Waals surface area contributed by atoms with Crippen molar-refractivity contribution < 1.29 is 13.9 Å². The topological polar surface area (TPSA) is 50.1 Å². The second-order valence-corrected chi connectivity index (χ2v) is 8.14. The molecule has 4 heteroatoms. The van der Waals surface area contributed by atoms with Gasteiger partial charge in [0, 0.05) is 11.0 Å². The Balaban J connectivity index is 1.84. The minimum Gasteiger partial charge on any atom is -0.458 e. The zero-order chi connectivity index (χ0) is 17.8. The summed E-state index contributed by atoms with van der Waals surface area (Å²) in [6, 6.07) is 7.86. The molecule has 0 heterocycles. The molecule has 0 saturated heterocycles. The number of hydrogen-bond donors (Lipinski definition) is 0. The van der Waals surface area contributed by atoms with Gasteiger partial charge in [-0.3, -0.25) is 0 Å². The molecule has 0 aliphatic heterocycles. The number of ether oxygens (including phenoxy) is 1. The van der Waals surface area contributed by atoms with Crippen LogP contribution in [0.3, 0.4) is 0 Å². The summed E-state index contributed by atoms with van der Waals surface area (Å²) in [5, 5.41) is 9.33. The molecule has 24 heavy (non-hydrogen) atoms. The number of rotatable bonds is 3. The summed E-state index contributed by atoms with van der Waals surface area (Å²) in [4.78, 5) is 12.5. The number of fused-ring (bicyclic) bond motifs is 2. The van der Waals surface area contributed by atoms with Crippen molar-refractivity contribution in [3.8, 4) is 6.07 Å². The summed E-state index contributed by atoms with van der Waals surface area (Å²) in [5.74, 6) is -0.598. The van der Waals surface area contributed by atoms with Gasteiger partial charge in [0.05, 0.1) is 0 Å². The van der Waals surface area contributed by atoms with Crippen molar-refractivity contribution in [1.29, 1.82) is 5.26 Å². The van der Waals surface area contributed by atoms with Crippen molar-refractivity contribution >= 4 is 5.97 Å². The Morgan fingerprint density at radius 2 is 1.96 bits per heavy atom. The van der Waals surface area contributed by atoms with Crippen LogP contribution in [0.5, 0.6) is 0 Å². The van der Waals surface area contributed by atoms with Crippen molar-refractivity contribution in [1.82, 2.24) is 0 Å². The summed E-state index contributed by atoms with van der Waals surface area (Å²) < 4.78 is 20.7. The highest BCUT2D eigenvalue weighted by Crippen LogP contribution is 2.66. The minimum absolute atomic E-state index is 0.0353. The van der Waals surface area contributed by atoms with Gasteiger partial charge in [-0.1, -0.05) is 50.6 Å². The van der Waals surface area contributed by atoms with Crippen LogP contribution in [0.15, 0.2) is 24.3 Å². The molecular formula is C20H24FNO2. The molecular weight excluding hydrogens is 305 g/mol. The van der Waals surface area contributed by atoms with Crippen LogP contribution in [0.1, 0.15) is 51.2 Å². The van der Waals surface area contributed by atoms with E-state index in [1.807, 2.05) is 6.92 Å². The van der Waals surface area contributed by atoms with Crippen LogP contribution in [-0.2, 0) is 15.2 Å². The fourth-order valence-electron chi connectivity index (χ4n) is 4.53. The van der Waals surface area contributed by atoms with E-state index in [0.29, 0.717) is 5.92 Å². The lowest BCUT2D eigenvalue weighted by Gasteiger charge is -2.38. The molecule has 1 unspecified atom stereocenters. The largest absolute Gasteiger partial charge is 0.458 e. The number of aryl methyl sites for hydroxylation is 1. The summed E-state index contributed by atoms with van der Waals surface area (Å²) in [6.45, 7) is 8.39. The number of hydrogen-bond acceptors (Lipinski definition) is 3. The number of halogens is 1. The van der Waals surface area contributed by atoms with E-state index in [-0.39, 0.29) is 22.5 Å². The van der Waals surface area contributed by atoms with Crippen LogP contribution in [0.25, 0.3) is 0 Å². The molecule has 1 aromatic rings. The number of nitrogens with zero attached hydrogens (tertiary/aromatic N) is 1. The van der Waals surface area contributed by atoms with Crippen LogP contribution < -0.4 is 0 Å². The molecule has 2 aliphatic rings. The number of benzene rings is 1. The molecule has 2 fully saturated rings. The van der Waals surface area contributed by atoms with Gasteiger partial charge in [0.1, 0.15) is 12.2 Å². The highest BCUT2D eigenvalue weighted by molar-refractivity contribution is 5.85. The van der Waals surface area contributed by atoms with Crippen LogP contribution in [0.4, 0.5) is 4.39 Å². The van der Waals surface area contributed by atoms with E-state index < -0.39 is 11.6 Å². The third kappa shape index (κ3) is 2.17. The molecule has 0 aromatic heterocycles. The van der Waals surface area contributed by atoms with Gasteiger partial charge in [-0.25, -0.2) is 9.18 Å². The molecule has 0 amide bonds. The molecule has 4 atom stereocenters. The number of carbonyl (C=O) groups excluding carboxylic acids is 1. The Kier molecular flexibility index (Phi) is 3.75. The van der Waals surface area contributed by atoms with Gasteiger partial charge in [-0.05, 0) is 37.5 Å². The van der Waals surface area contributed by atoms with Crippen molar-refractivity contribution in [2.75, 3.05) is 0 Å². The second-order valence-electron chi connectivity index (χ2n) is 8.14. The predicted octanol–water partition coefficient (Wildman–Crippen LogP) is 4.44. The average Bonchev–Trinajstić information content (AvgIpc) is 2.88. The summed E-state index contributed by atoms with van der Waals surface area (Å²) in [6.07, 6.45) is 2.52. The number of carbonyl (C=O) groups is 1. The maximum Gasteiger partial charge on any atom is 0.364 e. The maximum absolute atomic E-state index is 15.2. The first kappa shape index (κ1) is 17.0. The molecule has 0 radical (unpaired) electrons. The highest BCUT2D eigenvalue weighted by atomic mass is 19.1. The first-order chi connectivity index (χ1) is 11.1. The molecule has 3 nitrogen and oxygen atoms in total. The summed E-state index contributed by atoms with van der Waals surface area (Å²) in [7, 11) is 0. The first-order valence-corrected chi connectivity index (χ1v) is 8.53. The van der Waals surface area contributed by atoms with E-state index in [2.05, 4.69) is 20.8 Å². The van der Waals surface area contributed by atoms with Crippen LogP contribution in [0.2, 0.25) is 0 Å². The van der Waals surface area contributed by atoms with Crippen molar-refractivity contribution in [3.63, 3.8) is 0 Å². The SMILES string of the molecule is Cc1ccc(C(F)(C#N)C(=O)O[C@@H]2C[C@H]3CC[C@]2(C)C3(C)C)cc1. The minimum atomic E-state index is -2.75. The van der Waals surface area contributed by atoms with Crippen LogP contribution in [0, 0.1) is 35.0 Å². The average molecular weight is 329 g/mol. The summed E-state index contributed by atoms with van der Waals surface area (Å²) in [5.41, 5.74) is -1.87. The van der Waals surface area contributed by atoms with Gasteiger partial charge in [0.2, 0.25) is 0 Å². The van der Waals surface area contributed by atoms with E-state index >= 15 is 4.39 Å². The zero-order valence-electron chi connectivity index (χ0n) is 14.7. The molecule has 3 rings (SSSR count). The van der Waals surface area contributed by atoms with Gasteiger partial charge in [-0.2, -0.15) is 5.26 Å². The molecule has 0 spiro atoms. The fourth-order valence-corrected chi connectivity index (χ4v) is 4.53. The van der Waals surface area contributed by atoms with E-state index in [9.17, 15) is 10.1 Å². The molecule has 1 aromatic carbocycles. The smallest absolute Gasteiger partial charge is 0.364 e. The van der Waals surface area contributed by atoms with E-state index in [0.717, 1.165) is 24.8 Å². The van der Waals surface area contributed by atoms with Crippen molar-refractivity contribution in [2.45, 2.75) is 58.7 Å². The van der Waals surface area contributed by atoms with Crippen molar-refractivity contribution in [3.05, 3.63) is 35.4 Å². The zero-order valence-corrected chi connectivity index (χ0v) is 14.7. The number of esters is 1. The molecule has 128 valence electrons. The van der Waals surface area contributed by atoms with Crippen molar-refractivity contribution in [2.24, 2.45) is 16.7 Å². The Bertz CT molecular complexity index is 705. The molecule has 0 N–H and O–H groups in total. The number of nitriles is 1. The van der Waals surface area contributed by atoms with Crippen LogP contribution >= 0.6 is 0 Å². The lowest BCUT2D eigenvalue weighted by Crippen LogP contribution is -2.42. The Morgan fingerprint density at radius 1 is 1.33 bits per heavy atom. The quantitative estimate of drug-likeness (QED) is 0.770. The lowest BCUT2D eigenvalue weighted by atomic mass is 9.70. The first-order valence-electron chi connectivity index (χ1n) is 8.53. The monoisotopic (exact) mass is 329 g/mol. The highest BCUT2D eigenvalue weighted by Gasteiger charge is 2.63. The Morgan fingerprint density at radius 3 is 2.42 bits per heavy atom. The van der Waals surface area contributed by atoms with E-state index in [4.69, 9.17) is 4.74 Å². The third-order valence-corrected chi connectivity index (χ3v) is 6.85. The number of alkyl halides is 1. The second kappa shape index (κ2) is 5.31. The standard InChI is InChI=1S/C20H24FNO2/c1-13-5-7-14(8-6-13)20(21,12-22)17(23)24-16-11-15-9-10-19(16,4)18(15,2)3/h5-8,15-16H,9-11H2,1-4H3/t15-,16-,19+,20?/m1/s1. The molecule has 2 saturated carbocycles. The lowest BCUT2D eigenvalue weighted by molar-refractivity contribution is -0.168. The summed E-state index contributed by atoms with van der Waals surface area (Å²) >= 11 is 0. The predicted molar refractivity (Wildman–Crippen MR) is 88.7 cm³/mol. The van der Waals surface area contributed by atoms with Gasteiger partial charge in [0.25, 0.3) is 0 Å². The third-order valence-electron chi connectivity index (χ3n) is 6.85.